The molecule has 1 aromatic rings. The van der Waals surface area contributed by atoms with E-state index in [2.05, 4.69) is 18.8 Å². The Kier molecular flexibility index (Phi) is 4.53. The van der Waals surface area contributed by atoms with Gasteiger partial charge in [-0.05, 0) is 36.5 Å². The van der Waals surface area contributed by atoms with E-state index in [0.717, 1.165) is 19.4 Å². The van der Waals surface area contributed by atoms with Crippen molar-refractivity contribution in [2.45, 2.75) is 45.2 Å². The summed E-state index contributed by atoms with van der Waals surface area (Å²) in [5, 5.41) is 0. The van der Waals surface area contributed by atoms with Gasteiger partial charge in [0.25, 0.3) is 0 Å². The van der Waals surface area contributed by atoms with Crippen LogP contribution in [-0.2, 0) is 4.79 Å². The van der Waals surface area contributed by atoms with Crippen LogP contribution in [-0.4, -0.2) is 28.4 Å². The monoisotopic (exact) mass is 261 g/mol. The Morgan fingerprint density at radius 1 is 1.47 bits per heavy atom. The standard InChI is InChI=1S/C15H23N3O/c1-11(2)13(16)10-15(19)18-9-3-4-14(18)12-5-7-17-8-6-12/h5-8,11,13-14H,3-4,9-10,16H2,1-2H3. The fraction of sp³-hybridized carbons (Fsp3) is 0.600. The number of rotatable bonds is 4. The van der Waals surface area contributed by atoms with Crippen molar-refractivity contribution in [2.24, 2.45) is 11.7 Å². The second-order valence-electron chi connectivity index (χ2n) is 5.64. The topological polar surface area (TPSA) is 59.2 Å². The highest BCUT2D eigenvalue weighted by Gasteiger charge is 2.30. The third-order valence-corrected chi connectivity index (χ3v) is 3.93. The molecular formula is C15H23N3O. The zero-order valence-corrected chi connectivity index (χ0v) is 11.7. The Hall–Kier alpha value is -1.42. The average molecular weight is 261 g/mol. The SMILES string of the molecule is CC(C)C(N)CC(=O)N1CCCC1c1ccncc1. The number of likely N-dealkylation sites (tertiary alicyclic amines) is 1. The van der Waals surface area contributed by atoms with E-state index >= 15 is 0 Å². The maximum Gasteiger partial charge on any atom is 0.224 e. The maximum atomic E-state index is 12.4. The van der Waals surface area contributed by atoms with Gasteiger partial charge in [0.1, 0.15) is 0 Å². The second-order valence-corrected chi connectivity index (χ2v) is 5.64. The molecule has 1 fully saturated rings. The van der Waals surface area contributed by atoms with Crippen LogP contribution in [0, 0.1) is 5.92 Å². The highest BCUT2D eigenvalue weighted by molar-refractivity contribution is 5.77. The minimum absolute atomic E-state index is 0.0498. The van der Waals surface area contributed by atoms with Crippen LogP contribution in [0.1, 0.15) is 44.7 Å². The number of carbonyl (C=O) groups is 1. The summed E-state index contributed by atoms with van der Waals surface area (Å²) < 4.78 is 0. The third-order valence-electron chi connectivity index (χ3n) is 3.93. The van der Waals surface area contributed by atoms with Gasteiger partial charge in [-0.15, -0.1) is 0 Å². The van der Waals surface area contributed by atoms with Crippen LogP contribution in [0.5, 0.6) is 0 Å². The van der Waals surface area contributed by atoms with Crippen molar-refractivity contribution in [2.75, 3.05) is 6.54 Å². The number of hydrogen-bond donors (Lipinski definition) is 1. The number of amides is 1. The predicted molar refractivity (Wildman–Crippen MR) is 75.4 cm³/mol. The van der Waals surface area contributed by atoms with Crippen LogP contribution in [0.2, 0.25) is 0 Å². The van der Waals surface area contributed by atoms with Crippen molar-refractivity contribution in [1.29, 1.82) is 0 Å². The minimum atomic E-state index is -0.0498. The van der Waals surface area contributed by atoms with Crippen molar-refractivity contribution < 1.29 is 4.79 Å². The lowest BCUT2D eigenvalue weighted by molar-refractivity contribution is -0.132. The molecule has 4 heteroatoms. The average Bonchev–Trinajstić information content (AvgIpc) is 2.88. The van der Waals surface area contributed by atoms with Crippen LogP contribution < -0.4 is 5.73 Å². The maximum absolute atomic E-state index is 12.4. The molecule has 2 heterocycles. The molecule has 0 aromatic carbocycles. The van der Waals surface area contributed by atoms with Crippen LogP contribution in [0.3, 0.4) is 0 Å². The van der Waals surface area contributed by atoms with Gasteiger partial charge in [0.2, 0.25) is 5.91 Å². The molecule has 1 aliphatic rings. The Morgan fingerprint density at radius 2 is 2.16 bits per heavy atom. The van der Waals surface area contributed by atoms with Crippen LogP contribution in [0.4, 0.5) is 0 Å². The first-order valence-electron chi connectivity index (χ1n) is 7.04. The number of aromatic nitrogens is 1. The summed E-state index contributed by atoms with van der Waals surface area (Å²) in [7, 11) is 0. The lowest BCUT2D eigenvalue weighted by Crippen LogP contribution is -2.37. The van der Waals surface area contributed by atoms with Crippen LogP contribution >= 0.6 is 0 Å². The number of nitrogens with zero attached hydrogens (tertiary/aromatic N) is 2. The molecular weight excluding hydrogens is 238 g/mol. The van der Waals surface area contributed by atoms with E-state index in [1.165, 1.54) is 5.56 Å². The fourth-order valence-electron chi connectivity index (χ4n) is 2.55. The molecule has 1 aliphatic heterocycles. The molecule has 2 rings (SSSR count). The summed E-state index contributed by atoms with van der Waals surface area (Å²) in [6, 6.07) is 4.15. The van der Waals surface area contributed by atoms with Gasteiger partial charge in [0.05, 0.1) is 6.04 Å². The molecule has 104 valence electrons. The minimum Gasteiger partial charge on any atom is -0.336 e. The number of carbonyl (C=O) groups excluding carboxylic acids is 1. The smallest absolute Gasteiger partial charge is 0.224 e. The zero-order chi connectivity index (χ0) is 13.8. The normalized spacial score (nSPS) is 20.8. The first-order chi connectivity index (χ1) is 9.09. The highest BCUT2D eigenvalue weighted by Crippen LogP contribution is 2.32. The number of hydrogen-bond acceptors (Lipinski definition) is 3. The number of nitrogens with two attached hydrogens (primary N) is 1. The Labute approximate surface area is 115 Å². The molecule has 2 N–H and O–H groups in total. The number of pyridine rings is 1. The zero-order valence-electron chi connectivity index (χ0n) is 11.7. The molecule has 0 bridgehead atoms. The molecule has 19 heavy (non-hydrogen) atoms. The Morgan fingerprint density at radius 3 is 2.79 bits per heavy atom. The van der Waals surface area contributed by atoms with Gasteiger partial charge in [-0.1, -0.05) is 13.8 Å². The van der Waals surface area contributed by atoms with Crippen LogP contribution in [0.15, 0.2) is 24.5 Å². The lowest BCUT2D eigenvalue weighted by atomic mass is 10.0. The molecule has 2 atom stereocenters. The van der Waals surface area contributed by atoms with Gasteiger partial charge in [0.15, 0.2) is 0 Å². The molecule has 1 aromatic heterocycles. The summed E-state index contributed by atoms with van der Waals surface area (Å²) in [6.45, 7) is 4.96. The largest absolute Gasteiger partial charge is 0.336 e. The van der Waals surface area contributed by atoms with Gasteiger partial charge >= 0.3 is 0 Å². The molecule has 4 nitrogen and oxygen atoms in total. The van der Waals surface area contributed by atoms with Crippen molar-refractivity contribution in [3.8, 4) is 0 Å². The fourth-order valence-corrected chi connectivity index (χ4v) is 2.55. The predicted octanol–water partition coefficient (Wildman–Crippen LogP) is 2.12. The third kappa shape index (κ3) is 3.32. The van der Waals surface area contributed by atoms with E-state index in [1.807, 2.05) is 17.0 Å². The van der Waals surface area contributed by atoms with E-state index in [0.29, 0.717) is 12.3 Å². The highest BCUT2D eigenvalue weighted by atomic mass is 16.2. The van der Waals surface area contributed by atoms with Crippen molar-refractivity contribution in [1.82, 2.24) is 9.88 Å². The second kappa shape index (κ2) is 6.15. The lowest BCUT2D eigenvalue weighted by Gasteiger charge is -2.27. The molecule has 1 saturated heterocycles. The summed E-state index contributed by atoms with van der Waals surface area (Å²) in [5.41, 5.74) is 7.19. The van der Waals surface area contributed by atoms with E-state index in [4.69, 9.17) is 5.73 Å². The summed E-state index contributed by atoms with van der Waals surface area (Å²) in [5.74, 6) is 0.520. The van der Waals surface area contributed by atoms with Crippen molar-refractivity contribution >= 4 is 5.91 Å². The molecule has 0 spiro atoms. The van der Waals surface area contributed by atoms with Gasteiger partial charge in [0, 0.05) is 31.4 Å². The summed E-state index contributed by atoms with van der Waals surface area (Å²) in [4.78, 5) is 18.4. The Balaban J connectivity index is 2.05. The van der Waals surface area contributed by atoms with Gasteiger partial charge in [-0.3, -0.25) is 9.78 Å². The quantitative estimate of drug-likeness (QED) is 0.903. The summed E-state index contributed by atoms with van der Waals surface area (Å²) >= 11 is 0. The Bertz CT molecular complexity index is 419. The molecule has 0 aliphatic carbocycles. The van der Waals surface area contributed by atoms with Gasteiger partial charge in [-0.25, -0.2) is 0 Å². The molecule has 0 saturated carbocycles. The summed E-state index contributed by atoms with van der Waals surface area (Å²) in [6.07, 6.45) is 6.12. The van der Waals surface area contributed by atoms with E-state index in [1.54, 1.807) is 12.4 Å². The molecule has 0 radical (unpaired) electrons. The molecule has 1 amide bonds. The first kappa shape index (κ1) is 14.0. The van der Waals surface area contributed by atoms with E-state index in [9.17, 15) is 4.79 Å². The first-order valence-corrected chi connectivity index (χ1v) is 7.04. The van der Waals surface area contributed by atoms with E-state index < -0.39 is 0 Å². The van der Waals surface area contributed by atoms with E-state index in [-0.39, 0.29) is 18.0 Å². The molecule has 2 unspecified atom stereocenters. The van der Waals surface area contributed by atoms with Crippen molar-refractivity contribution in [3.05, 3.63) is 30.1 Å². The van der Waals surface area contributed by atoms with Crippen molar-refractivity contribution in [3.63, 3.8) is 0 Å². The van der Waals surface area contributed by atoms with Crippen LogP contribution in [0.25, 0.3) is 0 Å². The van der Waals surface area contributed by atoms with Gasteiger partial charge < -0.3 is 10.6 Å². The van der Waals surface area contributed by atoms with Gasteiger partial charge in [-0.2, -0.15) is 0 Å².